The molecule has 0 radical (unpaired) electrons. The smallest absolute Gasteiger partial charge is 0.410 e. The zero-order chi connectivity index (χ0) is 17.3. The molecular weight excluding hydrogens is 302 g/mol. The van der Waals surface area contributed by atoms with Crippen molar-refractivity contribution < 1.29 is 9.53 Å². The molecule has 0 atom stereocenters. The maximum atomic E-state index is 12.4. The summed E-state index contributed by atoms with van der Waals surface area (Å²) < 4.78 is 7.47. The van der Waals surface area contributed by atoms with E-state index in [1.807, 2.05) is 50.7 Å². The molecule has 0 spiro atoms. The molecule has 0 fully saturated rings. The number of carbonyl (C=O) groups is 1. The van der Waals surface area contributed by atoms with Gasteiger partial charge in [-0.15, -0.1) is 0 Å². The molecule has 1 aliphatic heterocycles. The van der Waals surface area contributed by atoms with Crippen molar-refractivity contribution in [3.63, 3.8) is 0 Å². The molecule has 0 saturated carbocycles. The number of benzene rings is 1. The fraction of sp³-hybridized carbons (Fsp3) is 0.474. The van der Waals surface area contributed by atoms with Crippen molar-refractivity contribution >= 4 is 6.09 Å². The lowest BCUT2D eigenvalue weighted by molar-refractivity contribution is 0.0258. The first-order valence-electron chi connectivity index (χ1n) is 8.43. The summed E-state index contributed by atoms with van der Waals surface area (Å²) >= 11 is 0. The van der Waals surface area contributed by atoms with Gasteiger partial charge in [0.15, 0.2) is 0 Å². The Kier molecular flexibility index (Phi) is 4.35. The van der Waals surface area contributed by atoms with Gasteiger partial charge in [-0.1, -0.05) is 30.3 Å². The van der Waals surface area contributed by atoms with Crippen molar-refractivity contribution in [2.45, 2.75) is 39.2 Å². The number of amides is 1. The van der Waals surface area contributed by atoms with E-state index in [1.165, 1.54) is 11.3 Å². The number of aromatic nitrogens is 2. The summed E-state index contributed by atoms with van der Waals surface area (Å²) in [5, 5.41) is 4.72. The normalized spacial score (nSPS) is 14.9. The maximum Gasteiger partial charge on any atom is 0.410 e. The molecule has 1 aromatic carbocycles. The highest BCUT2D eigenvalue weighted by Gasteiger charge is 2.27. The van der Waals surface area contributed by atoms with Gasteiger partial charge in [0.25, 0.3) is 0 Å². The molecule has 5 nitrogen and oxygen atoms in total. The van der Waals surface area contributed by atoms with Crippen LogP contribution in [0.2, 0.25) is 0 Å². The van der Waals surface area contributed by atoms with Crippen molar-refractivity contribution in [3.05, 3.63) is 41.6 Å². The summed E-state index contributed by atoms with van der Waals surface area (Å²) in [5.41, 5.74) is 4.14. The van der Waals surface area contributed by atoms with Crippen LogP contribution in [-0.2, 0) is 24.6 Å². The molecule has 2 heterocycles. The number of rotatable bonds is 1. The van der Waals surface area contributed by atoms with E-state index in [2.05, 4.69) is 12.1 Å². The molecule has 0 unspecified atom stereocenters. The van der Waals surface area contributed by atoms with E-state index in [-0.39, 0.29) is 6.09 Å². The highest BCUT2D eigenvalue weighted by Crippen LogP contribution is 2.28. The number of carbonyl (C=O) groups excluding carboxylic acids is 1. The molecule has 0 bridgehead atoms. The van der Waals surface area contributed by atoms with Crippen LogP contribution in [0.5, 0.6) is 0 Å². The molecule has 1 amide bonds. The number of aryl methyl sites for hydroxylation is 1. The lowest BCUT2D eigenvalue weighted by atomic mass is 10.0. The monoisotopic (exact) mass is 327 g/mol. The average Bonchev–Trinajstić information content (AvgIpc) is 2.70. The predicted octanol–water partition coefficient (Wildman–Crippen LogP) is 3.42. The van der Waals surface area contributed by atoms with Gasteiger partial charge in [0.05, 0.1) is 5.69 Å². The number of ether oxygens (including phenoxy) is 1. The molecule has 5 heteroatoms. The van der Waals surface area contributed by atoms with E-state index in [4.69, 9.17) is 9.84 Å². The van der Waals surface area contributed by atoms with Crippen LogP contribution >= 0.6 is 0 Å². The van der Waals surface area contributed by atoms with Crippen molar-refractivity contribution in [3.8, 4) is 11.3 Å². The topological polar surface area (TPSA) is 47.4 Å². The van der Waals surface area contributed by atoms with E-state index >= 15 is 0 Å². The Labute approximate surface area is 143 Å². The number of nitrogens with zero attached hydrogens (tertiary/aromatic N) is 3. The first-order chi connectivity index (χ1) is 11.3. The largest absolute Gasteiger partial charge is 0.444 e. The molecule has 24 heavy (non-hydrogen) atoms. The number of hydrogen-bond donors (Lipinski definition) is 0. The molecule has 1 aromatic heterocycles. The highest BCUT2D eigenvalue weighted by atomic mass is 16.6. The van der Waals surface area contributed by atoms with E-state index in [9.17, 15) is 4.79 Å². The Morgan fingerprint density at radius 3 is 2.46 bits per heavy atom. The van der Waals surface area contributed by atoms with Crippen LogP contribution < -0.4 is 0 Å². The van der Waals surface area contributed by atoms with Crippen LogP contribution in [-0.4, -0.2) is 39.5 Å². The SMILES string of the molecule is Cn1nc(-c2ccccc2)c2c1CCN(C(=O)OC(C)(C)C)CC2. The second-order valence-electron chi connectivity index (χ2n) is 7.23. The molecule has 3 rings (SSSR count). The van der Waals surface area contributed by atoms with Gasteiger partial charge in [0.2, 0.25) is 0 Å². The quantitative estimate of drug-likeness (QED) is 0.806. The third-order valence-electron chi connectivity index (χ3n) is 4.22. The fourth-order valence-corrected chi connectivity index (χ4v) is 3.11. The molecule has 0 saturated heterocycles. The first kappa shape index (κ1) is 16.6. The molecule has 0 aliphatic carbocycles. The van der Waals surface area contributed by atoms with Crippen molar-refractivity contribution in [1.29, 1.82) is 0 Å². The van der Waals surface area contributed by atoms with Crippen molar-refractivity contribution in [1.82, 2.24) is 14.7 Å². The van der Waals surface area contributed by atoms with Crippen LogP contribution in [0.15, 0.2) is 30.3 Å². The summed E-state index contributed by atoms with van der Waals surface area (Å²) in [6.07, 6.45) is 1.36. The average molecular weight is 327 g/mol. The van der Waals surface area contributed by atoms with Gasteiger partial charge in [-0.25, -0.2) is 4.79 Å². The second kappa shape index (κ2) is 6.30. The summed E-state index contributed by atoms with van der Waals surface area (Å²) in [5.74, 6) is 0. The van der Waals surface area contributed by atoms with E-state index in [0.717, 1.165) is 24.1 Å². The Bertz CT molecular complexity index is 729. The third kappa shape index (κ3) is 3.45. The van der Waals surface area contributed by atoms with Crippen LogP contribution in [0.4, 0.5) is 4.79 Å². The van der Waals surface area contributed by atoms with Crippen LogP contribution in [0.3, 0.4) is 0 Å². The predicted molar refractivity (Wildman–Crippen MR) is 93.9 cm³/mol. The van der Waals surface area contributed by atoms with E-state index in [1.54, 1.807) is 4.90 Å². The minimum absolute atomic E-state index is 0.232. The van der Waals surface area contributed by atoms with Gasteiger partial charge in [-0.05, 0) is 27.2 Å². The third-order valence-corrected chi connectivity index (χ3v) is 4.22. The van der Waals surface area contributed by atoms with Crippen LogP contribution in [0.25, 0.3) is 11.3 Å². The summed E-state index contributed by atoms with van der Waals surface area (Å²) in [6.45, 7) is 7.02. The van der Waals surface area contributed by atoms with Gasteiger partial charge in [0.1, 0.15) is 5.60 Å². The Hall–Kier alpha value is -2.30. The van der Waals surface area contributed by atoms with Crippen LogP contribution in [0.1, 0.15) is 32.0 Å². The molecule has 0 N–H and O–H groups in total. The first-order valence-corrected chi connectivity index (χ1v) is 8.43. The Morgan fingerprint density at radius 1 is 1.12 bits per heavy atom. The standard InChI is InChI=1S/C19H25N3O2/c1-19(2,3)24-18(23)22-12-10-15-16(11-13-22)21(4)20-17(15)14-8-6-5-7-9-14/h5-9H,10-13H2,1-4H3. The molecule has 128 valence electrons. The summed E-state index contributed by atoms with van der Waals surface area (Å²) in [7, 11) is 1.98. The van der Waals surface area contributed by atoms with Gasteiger partial charge in [0, 0.05) is 43.4 Å². The van der Waals surface area contributed by atoms with E-state index in [0.29, 0.717) is 13.1 Å². The maximum absolute atomic E-state index is 12.4. The lowest BCUT2D eigenvalue weighted by Crippen LogP contribution is -2.38. The molecule has 2 aromatic rings. The van der Waals surface area contributed by atoms with Gasteiger partial charge in [-0.3, -0.25) is 4.68 Å². The van der Waals surface area contributed by atoms with Crippen molar-refractivity contribution in [2.75, 3.05) is 13.1 Å². The number of fused-ring (bicyclic) bond motifs is 1. The lowest BCUT2D eigenvalue weighted by Gasteiger charge is -2.26. The Morgan fingerprint density at radius 2 is 1.79 bits per heavy atom. The highest BCUT2D eigenvalue weighted by molar-refractivity contribution is 5.69. The van der Waals surface area contributed by atoms with Crippen molar-refractivity contribution in [2.24, 2.45) is 7.05 Å². The minimum Gasteiger partial charge on any atom is -0.444 e. The number of hydrogen-bond acceptors (Lipinski definition) is 3. The van der Waals surface area contributed by atoms with E-state index < -0.39 is 5.60 Å². The fourth-order valence-electron chi connectivity index (χ4n) is 3.11. The molecule has 1 aliphatic rings. The van der Waals surface area contributed by atoms with Gasteiger partial charge >= 0.3 is 6.09 Å². The summed E-state index contributed by atoms with van der Waals surface area (Å²) in [4.78, 5) is 14.2. The van der Waals surface area contributed by atoms with Gasteiger partial charge in [-0.2, -0.15) is 5.10 Å². The zero-order valence-corrected chi connectivity index (χ0v) is 14.9. The molecular formula is C19H25N3O2. The zero-order valence-electron chi connectivity index (χ0n) is 14.9. The summed E-state index contributed by atoms with van der Waals surface area (Å²) in [6, 6.07) is 10.2. The Balaban J connectivity index is 1.83. The minimum atomic E-state index is -0.465. The van der Waals surface area contributed by atoms with Crippen LogP contribution in [0, 0.1) is 0 Å². The van der Waals surface area contributed by atoms with Gasteiger partial charge < -0.3 is 9.64 Å². The second-order valence-corrected chi connectivity index (χ2v) is 7.23.